The molecular formula is C15H11NO4. The number of amides is 1. The molecule has 0 saturated carbocycles. The van der Waals surface area contributed by atoms with Gasteiger partial charge in [0.15, 0.2) is 0 Å². The van der Waals surface area contributed by atoms with E-state index in [0.717, 1.165) is 5.39 Å². The first-order valence-electron chi connectivity index (χ1n) is 6.02. The van der Waals surface area contributed by atoms with E-state index in [1.165, 1.54) is 19.1 Å². The number of anilines is 1. The van der Waals surface area contributed by atoms with Crippen LogP contribution < -0.4 is 10.9 Å². The van der Waals surface area contributed by atoms with Gasteiger partial charge in [-0.25, -0.2) is 4.79 Å². The lowest BCUT2D eigenvalue weighted by Crippen LogP contribution is -2.06. The van der Waals surface area contributed by atoms with Crippen LogP contribution in [0.5, 0.6) is 5.75 Å². The van der Waals surface area contributed by atoms with E-state index in [1.807, 2.05) is 0 Å². The first-order valence-corrected chi connectivity index (χ1v) is 6.02. The number of rotatable bonds is 1. The topological polar surface area (TPSA) is 79.5 Å². The van der Waals surface area contributed by atoms with Crippen molar-refractivity contribution < 1.29 is 14.3 Å². The molecule has 2 N–H and O–H groups in total. The summed E-state index contributed by atoms with van der Waals surface area (Å²) >= 11 is 0. The lowest BCUT2D eigenvalue weighted by atomic mass is 10.1. The lowest BCUT2D eigenvalue weighted by Gasteiger charge is -2.06. The molecule has 1 heterocycles. The Morgan fingerprint density at radius 2 is 1.85 bits per heavy atom. The Kier molecular flexibility index (Phi) is 2.68. The highest BCUT2D eigenvalue weighted by molar-refractivity contribution is 6.05. The van der Waals surface area contributed by atoms with E-state index in [0.29, 0.717) is 22.0 Å². The van der Waals surface area contributed by atoms with Gasteiger partial charge in [-0.05, 0) is 30.3 Å². The zero-order valence-corrected chi connectivity index (χ0v) is 10.6. The summed E-state index contributed by atoms with van der Waals surface area (Å²) in [6.45, 7) is 1.41. The van der Waals surface area contributed by atoms with Gasteiger partial charge in [-0.3, -0.25) is 4.79 Å². The van der Waals surface area contributed by atoms with Crippen LogP contribution in [0.4, 0.5) is 5.69 Å². The summed E-state index contributed by atoms with van der Waals surface area (Å²) in [6, 6.07) is 9.66. The van der Waals surface area contributed by atoms with Crippen molar-refractivity contribution in [3.05, 3.63) is 46.8 Å². The number of phenols is 1. The zero-order chi connectivity index (χ0) is 14.3. The average molecular weight is 269 g/mol. The van der Waals surface area contributed by atoms with E-state index in [1.54, 1.807) is 24.3 Å². The summed E-state index contributed by atoms with van der Waals surface area (Å²) < 4.78 is 5.23. The maximum atomic E-state index is 11.9. The van der Waals surface area contributed by atoms with Gasteiger partial charge in [0.25, 0.3) is 0 Å². The number of hydrogen-bond acceptors (Lipinski definition) is 4. The first kappa shape index (κ1) is 12.2. The molecule has 0 radical (unpaired) electrons. The van der Waals surface area contributed by atoms with Crippen molar-refractivity contribution in [2.75, 3.05) is 5.32 Å². The smallest absolute Gasteiger partial charge is 0.344 e. The minimum atomic E-state index is -0.525. The lowest BCUT2D eigenvalue weighted by molar-refractivity contribution is -0.114. The van der Waals surface area contributed by atoms with Gasteiger partial charge in [-0.2, -0.15) is 0 Å². The van der Waals surface area contributed by atoms with Crippen LogP contribution in [0.1, 0.15) is 6.92 Å². The number of aromatic hydroxyl groups is 1. The summed E-state index contributed by atoms with van der Waals surface area (Å²) in [6.07, 6.45) is 0. The van der Waals surface area contributed by atoms with Crippen LogP contribution in [0.25, 0.3) is 21.7 Å². The van der Waals surface area contributed by atoms with Crippen LogP contribution in [-0.2, 0) is 4.79 Å². The molecule has 20 heavy (non-hydrogen) atoms. The molecule has 5 nitrogen and oxygen atoms in total. The second-order valence-electron chi connectivity index (χ2n) is 4.51. The summed E-state index contributed by atoms with van der Waals surface area (Å²) in [5, 5.41) is 13.8. The molecule has 0 fully saturated rings. The molecule has 0 aliphatic carbocycles. The first-order chi connectivity index (χ1) is 9.54. The molecule has 0 unspecified atom stereocenters. The number of fused-ring (bicyclic) bond motifs is 3. The van der Waals surface area contributed by atoms with E-state index >= 15 is 0 Å². The molecule has 1 aromatic heterocycles. The van der Waals surface area contributed by atoms with Gasteiger partial charge < -0.3 is 14.8 Å². The maximum Gasteiger partial charge on any atom is 0.344 e. The van der Waals surface area contributed by atoms with Gasteiger partial charge in [0.1, 0.15) is 11.3 Å². The van der Waals surface area contributed by atoms with Crippen molar-refractivity contribution in [3.63, 3.8) is 0 Å². The highest BCUT2D eigenvalue weighted by Gasteiger charge is 2.09. The maximum absolute atomic E-state index is 11.9. The Labute approximate surface area is 113 Å². The van der Waals surface area contributed by atoms with E-state index in [9.17, 15) is 14.7 Å². The zero-order valence-electron chi connectivity index (χ0n) is 10.6. The van der Waals surface area contributed by atoms with Crippen LogP contribution in [0, 0.1) is 0 Å². The van der Waals surface area contributed by atoms with Gasteiger partial charge in [-0.1, -0.05) is 0 Å². The molecule has 1 amide bonds. The van der Waals surface area contributed by atoms with Gasteiger partial charge in [0.05, 0.1) is 5.39 Å². The van der Waals surface area contributed by atoms with Crippen LogP contribution in [0.15, 0.2) is 45.6 Å². The quantitative estimate of drug-likeness (QED) is 0.525. The third kappa shape index (κ3) is 1.99. The number of benzene rings is 2. The monoisotopic (exact) mass is 269 g/mol. The second kappa shape index (κ2) is 4.38. The van der Waals surface area contributed by atoms with Gasteiger partial charge >= 0.3 is 5.63 Å². The minimum absolute atomic E-state index is 0.0130. The third-order valence-electron chi connectivity index (χ3n) is 3.02. The predicted octanol–water partition coefficient (Wildman–Crippen LogP) is 2.61. The average Bonchev–Trinajstić information content (AvgIpc) is 2.38. The van der Waals surface area contributed by atoms with Gasteiger partial charge in [0, 0.05) is 29.4 Å². The Balaban J connectivity index is 2.33. The number of nitrogens with one attached hydrogen (secondary N) is 1. The highest BCUT2D eigenvalue weighted by atomic mass is 16.4. The summed E-state index contributed by atoms with van der Waals surface area (Å²) in [5.74, 6) is -0.184. The summed E-state index contributed by atoms with van der Waals surface area (Å²) in [4.78, 5) is 22.9. The van der Waals surface area contributed by atoms with Crippen LogP contribution in [0.3, 0.4) is 0 Å². The molecule has 0 aliphatic heterocycles. The van der Waals surface area contributed by atoms with E-state index in [-0.39, 0.29) is 11.7 Å². The van der Waals surface area contributed by atoms with E-state index in [2.05, 4.69) is 5.32 Å². The molecule has 3 aromatic rings. The molecular weight excluding hydrogens is 258 g/mol. The van der Waals surface area contributed by atoms with Crippen molar-refractivity contribution in [2.45, 2.75) is 6.92 Å². The van der Waals surface area contributed by atoms with Crippen molar-refractivity contribution in [1.82, 2.24) is 0 Å². The second-order valence-corrected chi connectivity index (χ2v) is 4.51. The Morgan fingerprint density at radius 1 is 1.10 bits per heavy atom. The fraction of sp³-hybridized carbons (Fsp3) is 0.0667. The Hall–Kier alpha value is -2.82. The van der Waals surface area contributed by atoms with Crippen molar-refractivity contribution in [2.24, 2.45) is 0 Å². The van der Waals surface area contributed by atoms with Gasteiger partial charge in [-0.15, -0.1) is 0 Å². The molecule has 0 bridgehead atoms. The normalized spacial score (nSPS) is 10.8. The Bertz CT molecular complexity index is 895. The summed E-state index contributed by atoms with van der Waals surface area (Å²) in [7, 11) is 0. The number of phenolic OH excluding ortho intramolecular Hbond substituents is 1. The molecule has 0 spiro atoms. The third-order valence-corrected chi connectivity index (χ3v) is 3.02. The van der Waals surface area contributed by atoms with Gasteiger partial charge in [0.2, 0.25) is 5.91 Å². The van der Waals surface area contributed by atoms with E-state index in [4.69, 9.17) is 4.42 Å². The molecule has 2 aromatic carbocycles. The molecule has 5 heteroatoms. The van der Waals surface area contributed by atoms with Crippen molar-refractivity contribution in [3.8, 4) is 5.75 Å². The summed E-state index contributed by atoms with van der Waals surface area (Å²) in [5.41, 5.74) is 0.425. The molecule has 0 atom stereocenters. The molecule has 100 valence electrons. The van der Waals surface area contributed by atoms with Crippen LogP contribution in [-0.4, -0.2) is 11.0 Å². The molecule has 3 rings (SSSR count). The highest BCUT2D eigenvalue weighted by Crippen LogP contribution is 2.27. The number of hydrogen-bond donors (Lipinski definition) is 2. The van der Waals surface area contributed by atoms with E-state index < -0.39 is 5.63 Å². The largest absolute Gasteiger partial charge is 0.508 e. The van der Waals surface area contributed by atoms with Crippen molar-refractivity contribution in [1.29, 1.82) is 0 Å². The SMILES string of the molecule is CC(=O)Nc1ccc2c(c1)oc(=O)c1cc(O)ccc12. The minimum Gasteiger partial charge on any atom is -0.508 e. The van der Waals surface area contributed by atoms with Crippen molar-refractivity contribution >= 4 is 33.3 Å². The molecule has 0 saturated heterocycles. The fourth-order valence-electron chi connectivity index (χ4n) is 2.20. The van der Waals surface area contributed by atoms with Crippen LogP contribution in [0.2, 0.25) is 0 Å². The molecule has 0 aliphatic rings. The number of carbonyl (C=O) groups excluding carboxylic acids is 1. The standard InChI is InChI=1S/C15H11NO4/c1-8(17)16-9-2-4-12-11-5-3-10(18)7-13(11)15(19)20-14(12)6-9/h2-7,18H,1H3,(H,16,17). The Morgan fingerprint density at radius 3 is 2.60 bits per heavy atom. The number of carbonyl (C=O) groups is 1. The van der Waals surface area contributed by atoms with Crippen LogP contribution >= 0.6 is 0 Å². The fourth-order valence-corrected chi connectivity index (χ4v) is 2.20. The predicted molar refractivity (Wildman–Crippen MR) is 76.0 cm³/mol.